The molecule has 0 aromatic carbocycles. The van der Waals surface area contributed by atoms with Gasteiger partial charge in [-0.3, -0.25) is 14.5 Å². The number of carbonyl (C=O) groups is 2. The van der Waals surface area contributed by atoms with Crippen molar-refractivity contribution < 1.29 is 9.59 Å². The molecule has 0 aromatic heterocycles. The Morgan fingerprint density at radius 3 is 1.92 bits per heavy atom. The highest BCUT2D eigenvalue weighted by Crippen LogP contribution is 2.26. The molecule has 2 amide bonds. The van der Waals surface area contributed by atoms with Crippen LogP contribution in [0.25, 0.3) is 0 Å². The van der Waals surface area contributed by atoms with Crippen LogP contribution in [0.15, 0.2) is 9.15 Å². The predicted octanol–water partition coefficient (Wildman–Crippen LogP) is 1.47. The topological polar surface area (TPSA) is 37.4 Å². The zero-order chi connectivity index (χ0) is 9.46. The lowest BCUT2D eigenvalue weighted by Gasteiger charge is -2.18. The fourth-order valence-corrected chi connectivity index (χ4v) is 1.59. The Labute approximate surface area is 84.9 Å². The molecule has 0 bridgehead atoms. The second kappa shape index (κ2) is 3.16. The molecule has 0 aliphatic carbocycles. The van der Waals surface area contributed by atoms with Crippen molar-refractivity contribution in [2.45, 2.75) is 26.8 Å². The Morgan fingerprint density at radius 1 is 1.25 bits per heavy atom. The molecule has 3 nitrogen and oxygen atoms in total. The third-order valence-corrected chi connectivity index (χ3v) is 3.06. The van der Waals surface area contributed by atoms with Crippen molar-refractivity contribution in [3.63, 3.8) is 0 Å². The molecule has 1 heterocycles. The summed E-state index contributed by atoms with van der Waals surface area (Å²) in [4.78, 5) is 24.1. The standard InChI is InChI=1S/C8H10INO2/c1-4(2)10-7(11)5(3)6(9)8(10)12/h4H,1-3H3. The van der Waals surface area contributed by atoms with Gasteiger partial charge in [-0.1, -0.05) is 0 Å². The van der Waals surface area contributed by atoms with E-state index in [-0.39, 0.29) is 17.9 Å². The van der Waals surface area contributed by atoms with Crippen molar-refractivity contribution in [1.29, 1.82) is 0 Å². The Balaban J connectivity index is 3.04. The Bertz CT molecular complexity index is 257. The molecule has 0 unspecified atom stereocenters. The summed E-state index contributed by atoms with van der Waals surface area (Å²) in [6, 6.07) is -0.0489. The Kier molecular flexibility index (Phi) is 2.55. The SMILES string of the molecule is CC1=C(I)C(=O)N(C(C)C)C1=O. The predicted molar refractivity (Wildman–Crippen MR) is 53.7 cm³/mol. The monoisotopic (exact) mass is 279 g/mol. The van der Waals surface area contributed by atoms with Crippen LogP contribution >= 0.6 is 22.6 Å². The number of nitrogens with zero attached hydrogens (tertiary/aromatic N) is 1. The number of imide groups is 1. The van der Waals surface area contributed by atoms with E-state index < -0.39 is 0 Å². The largest absolute Gasteiger partial charge is 0.272 e. The van der Waals surface area contributed by atoms with Crippen LogP contribution in [0.4, 0.5) is 0 Å². The molecule has 12 heavy (non-hydrogen) atoms. The number of amides is 2. The first-order valence-corrected chi connectivity index (χ1v) is 4.79. The normalized spacial score (nSPS) is 18.6. The molecular formula is C8H10INO2. The van der Waals surface area contributed by atoms with E-state index >= 15 is 0 Å². The van der Waals surface area contributed by atoms with Gasteiger partial charge in [0.25, 0.3) is 11.8 Å². The highest BCUT2D eigenvalue weighted by molar-refractivity contribution is 14.1. The Hall–Kier alpha value is -0.390. The molecule has 0 spiro atoms. The quantitative estimate of drug-likeness (QED) is 0.538. The van der Waals surface area contributed by atoms with Crippen LogP contribution in [0.5, 0.6) is 0 Å². The van der Waals surface area contributed by atoms with Crippen molar-refractivity contribution in [3.05, 3.63) is 9.15 Å². The van der Waals surface area contributed by atoms with Gasteiger partial charge in [0.2, 0.25) is 0 Å². The Morgan fingerprint density at radius 2 is 1.75 bits per heavy atom. The first kappa shape index (κ1) is 9.70. The summed E-state index contributed by atoms with van der Waals surface area (Å²) in [5.74, 6) is -0.312. The minimum Gasteiger partial charge on any atom is -0.272 e. The molecule has 0 atom stereocenters. The second-order valence-electron chi connectivity index (χ2n) is 3.01. The first-order chi connectivity index (χ1) is 5.46. The number of halogens is 1. The van der Waals surface area contributed by atoms with Gasteiger partial charge in [0.1, 0.15) is 0 Å². The lowest BCUT2D eigenvalue weighted by atomic mass is 10.3. The number of rotatable bonds is 1. The second-order valence-corrected chi connectivity index (χ2v) is 4.09. The third-order valence-electron chi connectivity index (χ3n) is 1.79. The van der Waals surface area contributed by atoms with Crippen molar-refractivity contribution >= 4 is 34.4 Å². The average molecular weight is 279 g/mol. The molecule has 0 saturated heterocycles. The van der Waals surface area contributed by atoms with Gasteiger partial charge in [-0.05, 0) is 43.4 Å². The summed E-state index contributed by atoms with van der Waals surface area (Å²) in [5.41, 5.74) is 0.564. The third kappa shape index (κ3) is 1.28. The molecule has 1 aliphatic heterocycles. The summed E-state index contributed by atoms with van der Waals surface area (Å²) in [6.07, 6.45) is 0. The van der Waals surface area contributed by atoms with E-state index in [0.717, 1.165) is 0 Å². The van der Waals surface area contributed by atoms with E-state index in [0.29, 0.717) is 9.15 Å². The van der Waals surface area contributed by atoms with Gasteiger partial charge in [0.15, 0.2) is 0 Å². The summed E-state index contributed by atoms with van der Waals surface area (Å²) >= 11 is 1.92. The summed E-state index contributed by atoms with van der Waals surface area (Å²) in [6.45, 7) is 5.35. The molecule has 4 heteroatoms. The van der Waals surface area contributed by atoms with Gasteiger partial charge in [0.05, 0.1) is 3.58 Å². The van der Waals surface area contributed by atoms with E-state index in [4.69, 9.17) is 0 Å². The minimum absolute atomic E-state index is 0.0489. The van der Waals surface area contributed by atoms with Crippen LogP contribution in [-0.2, 0) is 9.59 Å². The maximum Gasteiger partial charge on any atom is 0.267 e. The fraction of sp³-hybridized carbons (Fsp3) is 0.500. The lowest BCUT2D eigenvalue weighted by Crippen LogP contribution is -2.37. The smallest absolute Gasteiger partial charge is 0.267 e. The molecule has 0 N–H and O–H groups in total. The molecular weight excluding hydrogens is 269 g/mol. The molecule has 0 saturated carbocycles. The van der Waals surface area contributed by atoms with Gasteiger partial charge in [0, 0.05) is 11.6 Å². The van der Waals surface area contributed by atoms with Gasteiger partial charge < -0.3 is 0 Å². The van der Waals surface area contributed by atoms with Crippen molar-refractivity contribution in [3.8, 4) is 0 Å². The van der Waals surface area contributed by atoms with E-state index in [1.807, 2.05) is 36.4 Å². The maximum absolute atomic E-state index is 11.4. The first-order valence-electron chi connectivity index (χ1n) is 3.71. The van der Waals surface area contributed by atoms with Gasteiger partial charge >= 0.3 is 0 Å². The zero-order valence-electron chi connectivity index (χ0n) is 7.22. The van der Waals surface area contributed by atoms with Gasteiger partial charge in [-0.2, -0.15) is 0 Å². The van der Waals surface area contributed by atoms with Crippen molar-refractivity contribution in [2.24, 2.45) is 0 Å². The molecule has 1 rings (SSSR count). The lowest BCUT2D eigenvalue weighted by molar-refractivity contribution is -0.139. The minimum atomic E-state index is -0.159. The zero-order valence-corrected chi connectivity index (χ0v) is 9.38. The van der Waals surface area contributed by atoms with Crippen LogP contribution in [0.2, 0.25) is 0 Å². The van der Waals surface area contributed by atoms with E-state index in [1.165, 1.54) is 4.90 Å². The van der Waals surface area contributed by atoms with Crippen LogP contribution in [0.1, 0.15) is 20.8 Å². The molecule has 0 fully saturated rings. The van der Waals surface area contributed by atoms with Crippen LogP contribution in [0, 0.1) is 0 Å². The number of hydrogen-bond donors (Lipinski definition) is 0. The van der Waals surface area contributed by atoms with Gasteiger partial charge in [-0.25, -0.2) is 0 Å². The maximum atomic E-state index is 11.4. The number of hydrogen-bond acceptors (Lipinski definition) is 2. The summed E-state index contributed by atoms with van der Waals surface area (Å²) < 4.78 is 0.548. The highest BCUT2D eigenvalue weighted by Gasteiger charge is 2.35. The number of carbonyl (C=O) groups excluding carboxylic acids is 2. The fourth-order valence-electron chi connectivity index (χ4n) is 1.10. The van der Waals surface area contributed by atoms with Crippen LogP contribution in [0.3, 0.4) is 0 Å². The summed E-state index contributed by atoms with van der Waals surface area (Å²) in [7, 11) is 0. The molecule has 66 valence electrons. The van der Waals surface area contributed by atoms with Gasteiger partial charge in [-0.15, -0.1) is 0 Å². The highest BCUT2D eigenvalue weighted by atomic mass is 127. The molecule has 0 aromatic rings. The molecule has 0 radical (unpaired) electrons. The van der Waals surface area contributed by atoms with E-state index in [2.05, 4.69) is 0 Å². The van der Waals surface area contributed by atoms with E-state index in [1.54, 1.807) is 6.92 Å². The van der Waals surface area contributed by atoms with Crippen molar-refractivity contribution in [2.75, 3.05) is 0 Å². The van der Waals surface area contributed by atoms with E-state index in [9.17, 15) is 9.59 Å². The van der Waals surface area contributed by atoms with Crippen LogP contribution < -0.4 is 0 Å². The average Bonchev–Trinajstić information content (AvgIpc) is 2.16. The van der Waals surface area contributed by atoms with Crippen molar-refractivity contribution in [1.82, 2.24) is 4.90 Å². The summed E-state index contributed by atoms with van der Waals surface area (Å²) in [5, 5.41) is 0. The molecule has 1 aliphatic rings. The van der Waals surface area contributed by atoms with Crippen LogP contribution in [-0.4, -0.2) is 22.8 Å².